The van der Waals surface area contributed by atoms with E-state index < -0.39 is 27.3 Å². The van der Waals surface area contributed by atoms with Gasteiger partial charge in [-0.2, -0.15) is 0 Å². The summed E-state index contributed by atoms with van der Waals surface area (Å²) in [6.07, 6.45) is 0. The summed E-state index contributed by atoms with van der Waals surface area (Å²) in [5.41, 5.74) is -1.16. The lowest BCUT2D eigenvalue weighted by Gasteiger charge is -1.91. The number of fused-ring (bicyclic) bond motifs is 1. The Bertz CT molecular complexity index is 688. The SMILES string of the molecule is O=C(O)c1c([N+](=O)[O-])oc2ccc([N+](=O)[O-])cc12. The number of aromatic carboxylic acids is 1. The van der Waals surface area contributed by atoms with Crippen LogP contribution in [0.2, 0.25) is 0 Å². The van der Waals surface area contributed by atoms with Crippen LogP contribution in [0.15, 0.2) is 22.6 Å². The molecular formula is C9H4N2O7. The summed E-state index contributed by atoms with van der Waals surface area (Å²) in [6, 6.07) is 3.11. The Balaban J connectivity index is 2.84. The molecule has 1 aromatic carbocycles. The molecule has 1 heterocycles. The largest absolute Gasteiger partial charge is 0.477 e. The van der Waals surface area contributed by atoms with Crippen molar-refractivity contribution >= 4 is 28.5 Å². The monoisotopic (exact) mass is 252 g/mol. The third-order valence-corrected chi connectivity index (χ3v) is 2.24. The van der Waals surface area contributed by atoms with Crippen LogP contribution in [0.3, 0.4) is 0 Å². The highest BCUT2D eigenvalue weighted by molar-refractivity contribution is 6.06. The van der Waals surface area contributed by atoms with Crippen LogP contribution in [-0.4, -0.2) is 20.9 Å². The Morgan fingerprint density at radius 1 is 1.22 bits per heavy atom. The van der Waals surface area contributed by atoms with Crippen LogP contribution >= 0.6 is 0 Å². The first kappa shape index (κ1) is 11.5. The van der Waals surface area contributed by atoms with Crippen LogP contribution in [0.1, 0.15) is 10.4 Å². The number of rotatable bonds is 3. The lowest BCUT2D eigenvalue weighted by Crippen LogP contribution is -1.99. The van der Waals surface area contributed by atoms with Crippen LogP contribution in [0.4, 0.5) is 11.6 Å². The summed E-state index contributed by atoms with van der Waals surface area (Å²) in [5.74, 6) is -2.53. The predicted octanol–water partition coefficient (Wildman–Crippen LogP) is 1.95. The Hall–Kier alpha value is -2.97. The second-order valence-electron chi connectivity index (χ2n) is 3.28. The molecule has 0 atom stereocenters. The van der Waals surface area contributed by atoms with E-state index in [1.807, 2.05) is 0 Å². The quantitative estimate of drug-likeness (QED) is 0.650. The van der Waals surface area contributed by atoms with Crippen LogP contribution in [-0.2, 0) is 0 Å². The maximum Gasteiger partial charge on any atom is 0.448 e. The summed E-state index contributed by atoms with van der Waals surface area (Å²) in [7, 11) is 0. The van der Waals surface area contributed by atoms with Crippen molar-refractivity contribution < 1.29 is 24.2 Å². The second-order valence-corrected chi connectivity index (χ2v) is 3.28. The fraction of sp³-hybridized carbons (Fsp3) is 0. The molecule has 0 amide bonds. The normalized spacial score (nSPS) is 10.4. The van der Waals surface area contributed by atoms with Gasteiger partial charge in [-0.25, -0.2) is 4.79 Å². The molecule has 92 valence electrons. The van der Waals surface area contributed by atoms with Crippen molar-refractivity contribution in [3.63, 3.8) is 0 Å². The number of nitrogens with zero attached hydrogens (tertiary/aromatic N) is 2. The molecule has 0 fully saturated rings. The minimum Gasteiger partial charge on any atom is -0.477 e. The number of carboxylic acid groups (broad SMARTS) is 1. The van der Waals surface area contributed by atoms with E-state index in [9.17, 15) is 25.0 Å². The van der Waals surface area contributed by atoms with Crippen molar-refractivity contribution in [2.24, 2.45) is 0 Å². The number of hydrogen-bond donors (Lipinski definition) is 1. The summed E-state index contributed by atoms with van der Waals surface area (Å²) >= 11 is 0. The summed E-state index contributed by atoms with van der Waals surface area (Å²) in [4.78, 5) is 30.4. The highest BCUT2D eigenvalue weighted by Crippen LogP contribution is 2.33. The van der Waals surface area contributed by atoms with Gasteiger partial charge >= 0.3 is 11.9 Å². The zero-order valence-electron chi connectivity index (χ0n) is 8.52. The Labute approximate surface area is 97.5 Å². The van der Waals surface area contributed by atoms with Gasteiger partial charge in [-0.05, 0) is 6.07 Å². The van der Waals surface area contributed by atoms with E-state index in [2.05, 4.69) is 0 Å². The van der Waals surface area contributed by atoms with Crippen molar-refractivity contribution in [1.29, 1.82) is 0 Å². The zero-order valence-corrected chi connectivity index (χ0v) is 8.52. The molecule has 9 nitrogen and oxygen atoms in total. The van der Waals surface area contributed by atoms with Gasteiger partial charge in [0.2, 0.25) is 0 Å². The topological polar surface area (TPSA) is 137 Å². The van der Waals surface area contributed by atoms with Crippen LogP contribution in [0, 0.1) is 20.2 Å². The van der Waals surface area contributed by atoms with Gasteiger partial charge < -0.3 is 9.52 Å². The zero-order chi connectivity index (χ0) is 13.4. The van der Waals surface area contributed by atoms with Crippen molar-refractivity contribution in [3.05, 3.63) is 44.0 Å². The maximum atomic E-state index is 10.9. The maximum absolute atomic E-state index is 10.9. The van der Waals surface area contributed by atoms with Gasteiger partial charge in [-0.1, -0.05) is 0 Å². The summed E-state index contributed by atoms with van der Waals surface area (Å²) < 4.78 is 4.75. The average molecular weight is 252 g/mol. The first-order valence-corrected chi connectivity index (χ1v) is 4.50. The molecule has 2 rings (SSSR count). The molecule has 0 unspecified atom stereocenters. The van der Waals surface area contributed by atoms with E-state index in [-0.39, 0.29) is 16.7 Å². The van der Waals surface area contributed by atoms with Gasteiger partial charge in [-0.3, -0.25) is 20.2 Å². The molecule has 2 aromatic rings. The van der Waals surface area contributed by atoms with Gasteiger partial charge in [0.05, 0.1) is 4.92 Å². The number of non-ortho nitro benzene ring substituents is 1. The van der Waals surface area contributed by atoms with E-state index in [0.29, 0.717) is 0 Å². The third kappa shape index (κ3) is 1.63. The highest BCUT2D eigenvalue weighted by atomic mass is 16.6. The first-order valence-electron chi connectivity index (χ1n) is 4.50. The smallest absolute Gasteiger partial charge is 0.448 e. The molecular weight excluding hydrogens is 248 g/mol. The Morgan fingerprint density at radius 2 is 1.89 bits per heavy atom. The minimum atomic E-state index is -1.58. The molecule has 1 N–H and O–H groups in total. The van der Waals surface area contributed by atoms with Crippen molar-refractivity contribution in [2.75, 3.05) is 0 Å². The number of nitro groups is 2. The molecule has 0 radical (unpaired) electrons. The van der Waals surface area contributed by atoms with Gasteiger partial charge in [0, 0.05) is 17.5 Å². The molecule has 0 aliphatic rings. The molecule has 0 saturated heterocycles. The van der Waals surface area contributed by atoms with E-state index in [4.69, 9.17) is 9.52 Å². The third-order valence-electron chi connectivity index (χ3n) is 2.24. The number of furan rings is 1. The predicted molar refractivity (Wildman–Crippen MR) is 56.5 cm³/mol. The molecule has 0 aliphatic heterocycles. The molecule has 0 aliphatic carbocycles. The van der Waals surface area contributed by atoms with E-state index >= 15 is 0 Å². The van der Waals surface area contributed by atoms with Gasteiger partial charge in [0.1, 0.15) is 10.5 Å². The minimum absolute atomic E-state index is 0.0929. The summed E-state index contributed by atoms with van der Waals surface area (Å²) in [6.45, 7) is 0. The first-order chi connectivity index (χ1) is 8.41. The summed E-state index contributed by atoms with van der Waals surface area (Å²) in [5, 5.41) is 29.9. The molecule has 0 saturated carbocycles. The molecule has 1 aromatic heterocycles. The molecule has 18 heavy (non-hydrogen) atoms. The van der Waals surface area contributed by atoms with Gasteiger partial charge in [-0.15, -0.1) is 0 Å². The van der Waals surface area contributed by atoms with Crippen molar-refractivity contribution in [3.8, 4) is 0 Å². The van der Waals surface area contributed by atoms with E-state index in [1.165, 1.54) is 0 Å². The fourth-order valence-electron chi connectivity index (χ4n) is 1.52. The fourth-order valence-corrected chi connectivity index (χ4v) is 1.52. The van der Waals surface area contributed by atoms with Crippen molar-refractivity contribution in [1.82, 2.24) is 0 Å². The number of benzene rings is 1. The Kier molecular flexibility index (Phi) is 2.43. The second kappa shape index (κ2) is 3.80. The van der Waals surface area contributed by atoms with Crippen LogP contribution in [0.5, 0.6) is 0 Å². The Morgan fingerprint density at radius 3 is 2.39 bits per heavy atom. The molecule has 9 heteroatoms. The van der Waals surface area contributed by atoms with Crippen molar-refractivity contribution in [2.45, 2.75) is 0 Å². The number of hydrogen-bond acceptors (Lipinski definition) is 6. The van der Waals surface area contributed by atoms with E-state index in [0.717, 1.165) is 18.2 Å². The standard InChI is InChI=1S/C9H4N2O7/c12-9(13)7-5-3-4(10(14)15)1-2-6(5)18-8(7)11(16)17/h1-3H,(H,12,13). The number of nitro benzene ring substituents is 1. The molecule has 0 spiro atoms. The lowest BCUT2D eigenvalue weighted by molar-refractivity contribution is -0.401. The van der Waals surface area contributed by atoms with E-state index in [1.54, 1.807) is 0 Å². The van der Waals surface area contributed by atoms with Crippen LogP contribution in [0.25, 0.3) is 11.0 Å². The average Bonchev–Trinajstić information content (AvgIpc) is 2.66. The highest BCUT2D eigenvalue weighted by Gasteiger charge is 2.30. The van der Waals surface area contributed by atoms with Crippen LogP contribution < -0.4 is 0 Å². The molecule has 0 bridgehead atoms. The number of carbonyl (C=O) groups is 1. The van der Waals surface area contributed by atoms with Gasteiger partial charge in [0.25, 0.3) is 5.69 Å². The lowest BCUT2D eigenvalue weighted by atomic mass is 10.1. The van der Waals surface area contributed by atoms with Gasteiger partial charge in [0.15, 0.2) is 5.56 Å². The number of carboxylic acids is 1.